The van der Waals surface area contributed by atoms with Gasteiger partial charge < -0.3 is 0 Å². The highest BCUT2D eigenvalue weighted by atomic mass is 32.2. The third-order valence-electron chi connectivity index (χ3n) is 4.64. The third-order valence-corrected chi connectivity index (χ3v) is 5.40. The van der Waals surface area contributed by atoms with Crippen molar-refractivity contribution >= 4 is 20.8 Å². The van der Waals surface area contributed by atoms with Gasteiger partial charge in [-0.25, -0.2) is 13.1 Å². The zero-order valence-electron chi connectivity index (χ0n) is 13.7. The van der Waals surface area contributed by atoms with Crippen LogP contribution in [0.15, 0.2) is 42.5 Å². The van der Waals surface area contributed by atoms with E-state index in [2.05, 4.69) is 59.0 Å². The Morgan fingerprint density at radius 1 is 1.17 bits per heavy atom. The van der Waals surface area contributed by atoms with Gasteiger partial charge in [0.2, 0.25) is 10.0 Å². The van der Waals surface area contributed by atoms with E-state index in [1.165, 1.54) is 22.6 Å². The van der Waals surface area contributed by atoms with Gasteiger partial charge in [0.15, 0.2) is 0 Å². The summed E-state index contributed by atoms with van der Waals surface area (Å²) in [5.74, 6) is 0. The summed E-state index contributed by atoms with van der Waals surface area (Å²) in [5.41, 5.74) is 1.28. The average molecular weight is 332 g/mol. The van der Waals surface area contributed by atoms with Crippen molar-refractivity contribution in [1.29, 1.82) is 0 Å². The van der Waals surface area contributed by atoms with Crippen LogP contribution < -0.4 is 4.72 Å². The van der Waals surface area contributed by atoms with E-state index < -0.39 is 10.0 Å². The first-order chi connectivity index (χ1) is 10.9. The van der Waals surface area contributed by atoms with Crippen LogP contribution in [0.4, 0.5) is 0 Å². The molecule has 1 aliphatic rings. The smallest absolute Gasteiger partial charge is 0.208 e. The van der Waals surface area contributed by atoms with Crippen molar-refractivity contribution in [2.45, 2.75) is 31.8 Å². The molecule has 1 aliphatic heterocycles. The SMILES string of the molecule is C[C@H](c1ccc2ccccc2c1)N1CCC[C@@H](NS(C)(=O)=O)C1. The summed E-state index contributed by atoms with van der Waals surface area (Å²) in [7, 11) is -3.14. The van der Waals surface area contributed by atoms with Gasteiger partial charge in [-0.1, -0.05) is 36.4 Å². The highest BCUT2D eigenvalue weighted by molar-refractivity contribution is 7.88. The monoisotopic (exact) mass is 332 g/mol. The van der Waals surface area contributed by atoms with Crippen molar-refractivity contribution in [3.05, 3.63) is 48.0 Å². The van der Waals surface area contributed by atoms with Crippen molar-refractivity contribution in [2.24, 2.45) is 0 Å². The number of sulfonamides is 1. The van der Waals surface area contributed by atoms with E-state index in [0.717, 1.165) is 25.9 Å². The minimum absolute atomic E-state index is 0.0154. The molecule has 0 unspecified atom stereocenters. The molecule has 2 aromatic rings. The van der Waals surface area contributed by atoms with Crippen LogP contribution in [-0.4, -0.2) is 38.7 Å². The van der Waals surface area contributed by atoms with Crippen LogP contribution in [0.5, 0.6) is 0 Å². The number of hydrogen-bond acceptors (Lipinski definition) is 3. The van der Waals surface area contributed by atoms with Gasteiger partial charge in [-0.05, 0) is 48.7 Å². The second-order valence-corrected chi connectivity index (χ2v) is 8.29. The van der Waals surface area contributed by atoms with Crippen LogP contribution in [0.2, 0.25) is 0 Å². The first-order valence-corrected chi connectivity index (χ1v) is 10.0. The maximum absolute atomic E-state index is 11.5. The van der Waals surface area contributed by atoms with Gasteiger partial charge >= 0.3 is 0 Å². The molecule has 124 valence electrons. The highest BCUT2D eigenvalue weighted by Gasteiger charge is 2.26. The summed E-state index contributed by atoms with van der Waals surface area (Å²) in [4.78, 5) is 2.37. The quantitative estimate of drug-likeness (QED) is 0.936. The molecule has 0 aromatic heterocycles. The summed E-state index contributed by atoms with van der Waals surface area (Å²) in [6.45, 7) is 3.98. The molecule has 0 saturated carbocycles. The fraction of sp³-hybridized carbons (Fsp3) is 0.444. The Labute approximate surface area is 138 Å². The molecule has 3 rings (SSSR count). The predicted molar refractivity (Wildman–Crippen MR) is 94.9 cm³/mol. The van der Waals surface area contributed by atoms with Crippen LogP contribution in [0.25, 0.3) is 10.8 Å². The Bertz CT molecular complexity index is 788. The summed E-state index contributed by atoms with van der Waals surface area (Å²) in [5, 5.41) is 2.50. The van der Waals surface area contributed by atoms with Gasteiger partial charge in [-0.2, -0.15) is 0 Å². The summed E-state index contributed by atoms with van der Waals surface area (Å²) >= 11 is 0. The molecule has 5 heteroatoms. The fourth-order valence-electron chi connectivity index (χ4n) is 3.44. The van der Waals surface area contributed by atoms with Gasteiger partial charge in [-0.15, -0.1) is 0 Å². The summed E-state index contributed by atoms with van der Waals surface area (Å²) in [6.07, 6.45) is 3.16. The van der Waals surface area contributed by atoms with Crippen molar-refractivity contribution in [1.82, 2.24) is 9.62 Å². The molecule has 1 saturated heterocycles. The molecule has 0 bridgehead atoms. The summed E-state index contributed by atoms with van der Waals surface area (Å²) < 4.78 is 25.7. The van der Waals surface area contributed by atoms with E-state index in [0.29, 0.717) is 0 Å². The number of rotatable bonds is 4. The van der Waals surface area contributed by atoms with E-state index in [9.17, 15) is 8.42 Å². The number of fused-ring (bicyclic) bond motifs is 1. The van der Waals surface area contributed by atoms with E-state index in [1.807, 2.05) is 0 Å². The van der Waals surface area contributed by atoms with Gasteiger partial charge in [0.05, 0.1) is 6.26 Å². The van der Waals surface area contributed by atoms with Crippen molar-refractivity contribution in [3.63, 3.8) is 0 Å². The largest absolute Gasteiger partial charge is 0.295 e. The minimum Gasteiger partial charge on any atom is -0.295 e. The zero-order valence-corrected chi connectivity index (χ0v) is 14.5. The summed E-state index contributed by atoms with van der Waals surface area (Å²) in [6, 6.07) is 15.3. The third kappa shape index (κ3) is 4.10. The van der Waals surface area contributed by atoms with Gasteiger partial charge in [0, 0.05) is 18.6 Å². The van der Waals surface area contributed by atoms with Crippen LogP contribution in [-0.2, 0) is 10.0 Å². The lowest BCUT2D eigenvalue weighted by molar-refractivity contribution is 0.154. The van der Waals surface area contributed by atoms with Gasteiger partial charge in [0.1, 0.15) is 0 Å². The number of hydrogen-bond donors (Lipinski definition) is 1. The van der Waals surface area contributed by atoms with E-state index >= 15 is 0 Å². The van der Waals surface area contributed by atoms with Gasteiger partial charge in [0.25, 0.3) is 0 Å². The molecule has 1 fully saturated rings. The van der Waals surface area contributed by atoms with Crippen molar-refractivity contribution < 1.29 is 8.42 Å². The van der Waals surface area contributed by atoms with Crippen LogP contribution in [0.1, 0.15) is 31.4 Å². The number of piperidine rings is 1. The molecule has 0 spiro atoms. The molecule has 2 aromatic carbocycles. The van der Waals surface area contributed by atoms with E-state index in [1.54, 1.807) is 0 Å². The number of likely N-dealkylation sites (tertiary alicyclic amines) is 1. The Kier molecular flexibility index (Phi) is 4.71. The highest BCUT2D eigenvalue weighted by Crippen LogP contribution is 2.27. The molecule has 1 N–H and O–H groups in total. The lowest BCUT2D eigenvalue weighted by Gasteiger charge is -2.37. The van der Waals surface area contributed by atoms with E-state index in [4.69, 9.17) is 0 Å². The maximum Gasteiger partial charge on any atom is 0.208 e. The normalized spacial score (nSPS) is 21.4. The molecule has 1 heterocycles. The maximum atomic E-state index is 11.5. The molecule has 0 aliphatic carbocycles. The molecule has 0 radical (unpaired) electrons. The standard InChI is InChI=1S/C18H24N2O2S/c1-14(16-10-9-15-6-3-4-7-17(15)12-16)20-11-5-8-18(13-20)19-23(2,21)22/h3-4,6-7,9-10,12,14,18-19H,5,8,11,13H2,1-2H3/t14-,18-/m1/s1. The first kappa shape index (κ1) is 16.4. The Morgan fingerprint density at radius 3 is 2.65 bits per heavy atom. The topological polar surface area (TPSA) is 49.4 Å². The molecule has 0 amide bonds. The second-order valence-electron chi connectivity index (χ2n) is 6.51. The average Bonchev–Trinajstić information content (AvgIpc) is 2.52. The van der Waals surface area contributed by atoms with Crippen LogP contribution >= 0.6 is 0 Å². The van der Waals surface area contributed by atoms with Gasteiger partial charge in [-0.3, -0.25) is 4.90 Å². The number of nitrogens with one attached hydrogen (secondary N) is 1. The second kappa shape index (κ2) is 6.59. The molecule has 2 atom stereocenters. The zero-order chi connectivity index (χ0) is 16.4. The number of nitrogens with zero attached hydrogens (tertiary/aromatic N) is 1. The first-order valence-electron chi connectivity index (χ1n) is 8.12. The minimum atomic E-state index is -3.14. The lowest BCUT2D eigenvalue weighted by Crippen LogP contribution is -2.47. The lowest BCUT2D eigenvalue weighted by atomic mass is 9.98. The van der Waals surface area contributed by atoms with E-state index in [-0.39, 0.29) is 12.1 Å². The predicted octanol–water partition coefficient (Wildman–Crippen LogP) is 2.91. The molecule has 23 heavy (non-hydrogen) atoms. The van der Waals surface area contributed by atoms with Crippen molar-refractivity contribution in [3.8, 4) is 0 Å². The number of benzene rings is 2. The molecule has 4 nitrogen and oxygen atoms in total. The molecular formula is C18H24N2O2S. The van der Waals surface area contributed by atoms with Crippen LogP contribution in [0, 0.1) is 0 Å². The Balaban J connectivity index is 1.76. The van der Waals surface area contributed by atoms with Crippen LogP contribution in [0.3, 0.4) is 0 Å². The Morgan fingerprint density at radius 2 is 1.91 bits per heavy atom. The Hall–Kier alpha value is -1.43. The molecular weight excluding hydrogens is 308 g/mol. The van der Waals surface area contributed by atoms with Crippen molar-refractivity contribution in [2.75, 3.05) is 19.3 Å². The fourth-order valence-corrected chi connectivity index (χ4v) is 4.23.